The smallest absolute Gasteiger partial charge is 0.0518 e. The fourth-order valence-corrected chi connectivity index (χ4v) is 2.13. The van der Waals surface area contributed by atoms with E-state index >= 15 is 0 Å². The molecule has 2 rings (SSSR count). The molecular weight excluding hydrogens is 186 g/mol. The lowest BCUT2D eigenvalue weighted by atomic mass is 10.0. The number of aryl methyl sites for hydroxylation is 1. The highest BCUT2D eigenvalue weighted by atomic mass is 35.5. The molecule has 2 N–H and O–H groups in total. The van der Waals surface area contributed by atoms with Crippen molar-refractivity contribution in [2.75, 3.05) is 18.5 Å². The van der Waals surface area contributed by atoms with Gasteiger partial charge in [-0.3, -0.25) is 0 Å². The van der Waals surface area contributed by atoms with E-state index in [0.29, 0.717) is 0 Å². The zero-order chi connectivity index (χ0) is 9.42. The standard InChI is InChI=1S/C10H12ClNO/c1-6-2-3-8(11)9-7(5-13)4-12-10(6)9/h2-3,7,12-13H,4-5H2,1H3. The number of aliphatic hydroxyl groups is 1. The number of rotatable bonds is 1. The zero-order valence-corrected chi connectivity index (χ0v) is 8.23. The van der Waals surface area contributed by atoms with E-state index in [1.165, 1.54) is 5.56 Å². The van der Waals surface area contributed by atoms with Gasteiger partial charge in [0.25, 0.3) is 0 Å². The van der Waals surface area contributed by atoms with Crippen LogP contribution in [0.15, 0.2) is 12.1 Å². The van der Waals surface area contributed by atoms with E-state index in [4.69, 9.17) is 16.7 Å². The van der Waals surface area contributed by atoms with Gasteiger partial charge in [-0.1, -0.05) is 17.7 Å². The SMILES string of the molecule is Cc1ccc(Cl)c2c1NCC2CO. The summed E-state index contributed by atoms with van der Waals surface area (Å²) in [5.41, 5.74) is 3.37. The number of hydrogen-bond acceptors (Lipinski definition) is 2. The van der Waals surface area contributed by atoms with Gasteiger partial charge in [-0.05, 0) is 18.6 Å². The van der Waals surface area contributed by atoms with Crippen LogP contribution in [0.5, 0.6) is 0 Å². The first-order valence-corrected chi connectivity index (χ1v) is 4.75. The Morgan fingerprint density at radius 1 is 1.62 bits per heavy atom. The van der Waals surface area contributed by atoms with Crippen molar-refractivity contribution in [3.63, 3.8) is 0 Å². The van der Waals surface area contributed by atoms with Crippen LogP contribution in [0.2, 0.25) is 5.02 Å². The molecule has 0 aliphatic carbocycles. The lowest BCUT2D eigenvalue weighted by Gasteiger charge is -2.08. The van der Waals surface area contributed by atoms with Gasteiger partial charge >= 0.3 is 0 Å². The van der Waals surface area contributed by atoms with Crippen molar-refractivity contribution < 1.29 is 5.11 Å². The minimum atomic E-state index is 0.155. The lowest BCUT2D eigenvalue weighted by Crippen LogP contribution is -2.06. The average Bonchev–Trinajstić information content (AvgIpc) is 2.56. The third-order valence-corrected chi connectivity index (χ3v) is 2.88. The Kier molecular flexibility index (Phi) is 2.18. The van der Waals surface area contributed by atoms with Crippen molar-refractivity contribution in [2.45, 2.75) is 12.8 Å². The maximum Gasteiger partial charge on any atom is 0.0518 e. The van der Waals surface area contributed by atoms with Gasteiger partial charge in [0.2, 0.25) is 0 Å². The van der Waals surface area contributed by atoms with E-state index < -0.39 is 0 Å². The van der Waals surface area contributed by atoms with E-state index in [1.807, 2.05) is 19.1 Å². The van der Waals surface area contributed by atoms with Crippen molar-refractivity contribution in [1.29, 1.82) is 0 Å². The summed E-state index contributed by atoms with van der Waals surface area (Å²) in [4.78, 5) is 0. The minimum absolute atomic E-state index is 0.155. The van der Waals surface area contributed by atoms with Gasteiger partial charge in [0.15, 0.2) is 0 Å². The summed E-state index contributed by atoms with van der Waals surface area (Å²) in [6.07, 6.45) is 0. The predicted octanol–water partition coefficient (Wildman–Crippen LogP) is 2.15. The summed E-state index contributed by atoms with van der Waals surface area (Å²) >= 11 is 6.06. The molecule has 0 amide bonds. The molecule has 1 aliphatic heterocycles. The van der Waals surface area contributed by atoms with Crippen molar-refractivity contribution in [3.8, 4) is 0 Å². The molecule has 1 aromatic carbocycles. The third kappa shape index (κ3) is 1.30. The third-order valence-electron chi connectivity index (χ3n) is 2.55. The van der Waals surface area contributed by atoms with Gasteiger partial charge in [-0.15, -0.1) is 0 Å². The first kappa shape index (κ1) is 8.85. The highest BCUT2D eigenvalue weighted by Crippen LogP contribution is 2.38. The summed E-state index contributed by atoms with van der Waals surface area (Å²) in [5.74, 6) is 0.155. The van der Waals surface area contributed by atoms with Crippen LogP contribution in [0.1, 0.15) is 17.0 Å². The van der Waals surface area contributed by atoms with Gasteiger partial charge in [0.05, 0.1) is 6.61 Å². The van der Waals surface area contributed by atoms with Crippen LogP contribution in [-0.2, 0) is 0 Å². The molecule has 1 heterocycles. The Morgan fingerprint density at radius 2 is 2.38 bits per heavy atom. The Balaban J connectivity index is 2.55. The monoisotopic (exact) mass is 197 g/mol. The van der Waals surface area contributed by atoms with Crippen LogP contribution in [0.3, 0.4) is 0 Å². The second-order valence-electron chi connectivity index (χ2n) is 3.41. The molecule has 0 saturated heterocycles. The first-order valence-electron chi connectivity index (χ1n) is 4.37. The van der Waals surface area contributed by atoms with Crippen LogP contribution in [-0.4, -0.2) is 18.3 Å². The van der Waals surface area contributed by atoms with E-state index in [0.717, 1.165) is 22.8 Å². The number of aliphatic hydroxyl groups excluding tert-OH is 1. The van der Waals surface area contributed by atoms with E-state index in [1.54, 1.807) is 0 Å². The van der Waals surface area contributed by atoms with E-state index in [9.17, 15) is 0 Å². The molecule has 0 spiro atoms. The summed E-state index contributed by atoms with van der Waals surface area (Å²) in [7, 11) is 0. The second-order valence-corrected chi connectivity index (χ2v) is 3.82. The fourth-order valence-electron chi connectivity index (χ4n) is 1.82. The van der Waals surface area contributed by atoms with E-state index in [2.05, 4.69) is 5.32 Å². The number of nitrogens with one attached hydrogen (secondary N) is 1. The van der Waals surface area contributed by atoms with Crippen molar-refractivity contribution in [3.05, 3.63) is 28.3 Å². The maximum absolute atomic E-state index is 9.13. The molecule has 13 heavy (non-hydrogen) atoms. The first-order chi connectivity index (χ1) is 6.24. The fraction of sp³-hybridized carbons (Fsp3) is 0.400. The van der Waals surface area contributed by atoms with Gasteiger partial charge in [-0.2, -0.15) is 0 Å². The van der Waals surface area contributed by atoms with Crippen LogP contribution in [0, 0.1) is 6.92 Å². The molecule has 1 aromatic rings. The van der Waals surface area contributed by atoms with Crippen molar-refractivity contribution in [1.82, 2.24) is 0 Å². The molecule has 0 saturated carbocycles. The largest absolute Gasteiger partial charge is 0.396 e. The Hall–Kier alpha value is -0.730. The summed E-state index contributed by atoms with van der Waals surface area (Å²) < 4.78 is 0. The Morgan fingerprint density at radius 3 is 3.08 bits per heavy atom. The quantitative estimate of drug-likeness (QED) is 0.723. The van der Waals surface area contributed by atoms with Crippen molar-refractivity contribution >= 4 is 17.3 Å². The van der Waals surface area contributed by atoms with Gasteiger partial charge in [0.1, 0.15) is 0 Å². The normalized spacial score (nSPS) is 19.8. The summed E-state index contributed by atoms with van der Waals surface area (Å²) in [5, 5.41) is 13.1. The number of halogens is 1. The van der Waals surface area contributed by atoms with Crippen LogP contribution < -0.4 is 5.32 Å². The minimum Gasteiger partial charge on any atom is -0.396 e. The number of hydrogen-bond donors (Lipinski definition) is 2. The zero-order valence-electron chi connectivity index (χ0n) is 7.47. The summed E-state index contributed by atoms with van der Waals surface area (Å²) in [6, 6.07) is 3.89. The van der Waals surface area contributed by atoms with E-state index in [-0.39, 0.29) is 12.5 Å². The van der Waals surface area contributed by atoms with Gasteiger partial charge < -0.3 is 10.4 Å². The predicted molar refractivity (Wildman–Crippen MR) is 54.5 cm³/mol. The van der Waals surface area contributed by atoms with Crippen LogP contribution in [0.25, 0.3) is 0 Å². The highest BCUT2D eigenvalue weighted by Gasteiger charge is 2.25. The average molecular weight is 198 g/mol. The van der Waals surface area contributed by atoms with Gasteiger partial charge in [-0.25, -0.2) is 0 Å². The van der Waals surface area contributed by atoms with Gasteiger partial charge in [0, 0.05) is 28.7 Å². The molecule has 0 radical (unpaired) electrons. The summed E-state index contributed by atoms with van der Waals surface area (Å²) in [6.45, 7) is 2.99. The number of benzene rings is 1. The molecule has 0 aromatic heterocycles. The molecule has 0 bridgehead atoms. The number of anilines is 1. The Labute approximate surface area is 82.5 Å². The molecule has 3 heteroatoms. The molecule has 0 fully saturated rings. The van der Waals surface area contributed by atoms with Crippen LogP contribution in [0.4, 0.5) is 5.69 Å². The Bertz CT molecular complexity index is 338. The number of fused-ring (bicyclic) bond motifs is 1. The maximum atomic E-state index is 9.13. The lowest BCUT2D eigenvalue weighted by molar-refractivity contribution is 0.273. The molecule has 1 unspecified atom stereocenters. The molecule has 1 aliphatic rings. The molecule has 1 atom stereocenters. The van der Waals surface area contributed by atoms with Crippen molar-refractivity contribution in [2.24, 2.45) is 0 Å². The highest BCUT2D eigenvalue weighted by molar-refractivity contribution is 6.32. The second kappa shape index (κ2) is 3.20. The molecular formula is C10H12ClNO. The molecule has 70 valence electrons. The molecule has 2 nitrogen and oxygen atoms in total. The topological polar surface area (TPSA) is 32.3 Å². The van der Waals surface area contributed by atoms with Crippen LogP contribution >= 0.6 is 11.6 Å².